The molecular formula is C17H21F3. The summed E-state index contributed by atoms with van der Waals surface area (Å²) in [5, 5.41) is 0. The van der Waals surface area contributed by atoms with E-state index in [0.717, 1.165) is 18.9 Å². The van der Waals surface area contributed by atoms with Crippen LogP contribution in [0.3, 0.4) is 0 Å². The van der Waals surface area contributed by atoms with Gasteiger partial charge in [0, 0.05) is 0 Å². The normalized spacial score (nSPS) is 12.4. The molecule has 0 aromatic heterocycles. The van der Waals surface area contributed by atoms with E-state index < -0.39 is 11.7 Å². The fourth-order valence-electron chi connectivity index (χ4n) is 1.86. The van der Waals surface area contributed by atoms with Gasteiger partial charge < -0.3 is 0 Å². The van der Waals surface area contributed by atoms with Crippen molar-refractivity contribution in [1.29, 1.82) is 0 Å². The highest BCUT2D eigenvalue weighted by Gasteiger charge is 2.30. The monoisotopic (exact) mass is 282 g/mol. The predicted octanol–water partition coefficient (Wildman–Crippen LogP) is 5.94. The zero-order chi connectivity index (χ0) is 15.2. The molecule has 1 rings (SSSR count). The van der Waals surface area contributed by atoms with Gasteiger partial charge in [0.05, 0.1) is 5.56 Å². The molecule has 0 unspecified atom stereocenters. The van der Waals surface area contributed by atoms with Gasteiger partial charge in [-0.2, -0.15) is 13.2 Å². The van der Waals surface area contributed by atoms with Crippen LogP contribution in [0.5, 0.6) is 0 Å². The minimum Gasteiger partial charge on any atom is -0.166 e. The van der Waals surface area contributed by atoms with Crippen LogP contribution in [-0.4, -0.2) is 0 Å². The Labute approximate surface area is 119 Å². The first-order valence-electron chi connectivity index (χ1n) is 6.74. The van der Waals surface area contributed by atoms with Crippen LogP contribution < -0.4 is 0 Å². The SMILES string of the molecule is CC(C)=CCC/C(C)=C/Cc1cccc(C(F)(F)F)c1. The summed E-state index contributed by atoms with van der Waals surface area (Å²) in [5.41, 5.74) is 2.61. The van der Waals surface area contributed by atoms with Crippen molar-refractivity contribution in [3.63, 3.8) is 0 Å². The second kappa shape index (κ2) is 7.32. The standard InChI is InChI=1S/C17H21F3/c1-13(2)6-4-7-14(3)10-11-15-8-5-9-16(12-15)17(18,19)20/h5-6,8-10,12H,4,7,11H2,1-3H3/b14-10+. The van der Waals surface area contributed by atoms with Gasteiger partial charge >= 0.3 is 6.18 Å². The maximum Gasteiger partial charge on any atom is 0.416 e. The molecule has 0 radical (unpaired) electrons. The molecular weight excluding hydrogens is 261 g/mol. The molecule has 0 saturated carbocycles. The summed E-state index contributed by atoms with van der Waals surface area (Å²) in [5.74, 6) is 0. The fourth-order valence-corrected chi connectivity index (χ4v) is 1.86. The molecule has 0 N–H and O–H groups in total. The van der Waals surface area contributed by atoms with Gasteiger partial charge in [-0.15, -0.1) is 0 Å². The quantitative estimate of drug-likeness (QED) is 0.586. The lowest BCUT2D eigenvalue weighted by Gasteiger charge is -2.08. The van der Waals surface area contributed by atoms with E-state index in [-0.39, 0.29) is 0 Å². The zero-order valence-electron chi connectivity index (χ0n) is 12.2. The molecule has 0 atom stereocenters. The second-order valence-corrected chi connectivity index (χ2v) is 5.27. The largest absolute Gasteiger partial charge is 0.416 e. The zero-order valence-corrected chi connectivity index (χ0v) is 12.2. The van der Waals surface area contributed by atoms with Crippen LogP contribution in [0.2, 0.25) is 0 Å². The minimum absolute atomic E-state index is 0.546. The van der Waals surface area contributed by atoms with Crippen molar-refractivity contribution in [2.24, 2.45) is 0 Å². The molecule has 0 spiro atoms. The lowest BCUT2D eigenvalue weighted by Crippen LogP contribution is -2.05. The average molecular weight is 282 g/mol. The number of allylic oxidation sites excluding steroid dienone is 4. The highest BCUT2D eigenvalue weighted by molar-refractivity contribution is 5.27. The number of rotatable bonds is 5. The predicted molar refractivity (Wildman–Crippen MR) is 77.6 cm³/mol. The summed E-state index contributed by atoms with van der Waals surface area (Å²) in [6.45, 7) is 6.13. The lowest BCUT2D eigenvalue weighted by molar-refractivity contribution is -0.137. The van der Waals surface area contributed by atoms with Gasteiger partial charge in [-0.3, -0.25) is 0 Å². The van der Waals surface area contributed by atoms with Gasteiger partial charge in [0.15, 0.2) is 0 Å². The minimum atomic E-state index is -4.27. The second-order valence-electron chi connectivity index (χ2n) is 5.27. The molecule has 0 aliphatic rings. The number of alkyl halides is 3. The third-order valence-electron chi connectivity index (χ3n) is 3.03. The van der Waals surface area contributed by atoms with E-state index in [1.807, 2.05) is 13.0 Å². The van der Waals surface area contributed by atoms with Crippen LogP contribution in [0.25, 0.3) is 0 Å². The molecule has 0 aliphatic heterocycles. The Kier molecular flexibility index (Phi) is 6.05. The number of benzene rings is 1. The van der Waals surface area contributed by atoms with Gasteiger partial charge in [0.1, 0.15) is 0 Å². The van der Waals surface area contributed by atoms with Crippen LogP contribution in [-0.2, 0) is 12.6 Å². The molecule has 110 valence electrons. The summed E-state index contributed by atoms with van der Waals surface area (Å²) >= 11 is 0. The Bertz CT molecular complexity index is 489. The van der Waals surface area contributed by atoms with E-state index in [0.29, 0.717) is 12.0 Å². The Morgan fingerprint density at radius 1 is 1.10 bits per heavy atom. The summed E-state index contributed by atoms with van der Waals surface area (Å²) in [6.07, 6.45) is 2.39. The highest BCUT2D eigenvalue weighted by Crippen LogP contribution is 2.29. The topological polar surface area (TPSA) is 0 Å². The smallest absolute Gasteiger partial charge is 0.166 e. The molecule has 1 aromatic carbocycles. The molecule has 1 aromatic rings. The summed E-state index contributed by atoms with van der Waals surface area (Å²) in [4.78, 5) is 0. The number of halogens is 3. The molecule has 20 heavy (non-hydrogen) atoms. The van der Waals surface area contributed by atoms with Crippen LogP contribution in [0.4, 0.5) is 13.2 Å². The highest BCUT2D eigenvalue weighted by atomic mass is 19.4. The molecule has 0 amide bonds. The Balaban J connectivity index is 2.63. The van der Waals surface area contributed by atoms with Gasteiger partial charge in [0.25, 0.3) is 0 Å². The molecule has 0 saturated heterocycles. The van der Waals surface area contributed by atoms with Crippen molar-refractivity contribution >= 4 is 0 Å². The van der Waals surface area contributed by atoms with Crippen LogP contribution in [0, 0.1) is 0 Å². The van der Waals surface area contributed by atoms with Gasteiger partial charge in [0.2, 0.25) is 0 Å². The molecule has 0 heterocycles. The maximum atomic E-state index is 12.6. The Morgan fingerprint density at radius 3 is 2.40 bits per heavy atom. The summed E-state index contributed by atoms with van der Waals surface area (Å²) in [6, 6.07) is 5.52. The lowest BCUT2D eigenvalue weighted by atomic mass is 10.0. The van der Waals surface area contributed by atoms with Crippen LogP contribution in [0.15, 0.2) is 47.6 Å². The maximum absolute atomic E-state index is 12.6. The Morgan fingerprint density at radius 2 is 1.80 bits per heavy atom. The van der Waals surface area contributed by atoms with Crippen molar-refractivity contribution < 1.29 is 13.2 Å². The van der Waals surface area contributed by atoms with Crippen LogP contribution in [0.1, 0.15) is 44.7 Å². The average Bonchev–Trinajstić information content (AvgIpc) is 2.35. The third-order valence-corrected chi connectivity index (χ3v) is 3.03. The first-order chi connectivity index (χ1) is 9.29. The van der Waals surface area contributed by atoms with E-state index in [9.17, 15) is 13.2 Å². The molecule has 3 heteroatoms. The fraction of sp³-hybridized carbons (Fsp3) is 0.412. The first-order valence-corrected chi connectivity index (χ1v) is 6.74. The van der Waals surface area contributed by atoms with Crippen molar-refractivity contribution in [2.75, 3.05) is 0 Å². The number of hydrogen-bond donors (Lipinski definition) is 0. The van der Waals surface area contributed by atoms with Gasteiger partial charge in [-0.05, 0) is 51.7 Å². The molecule has 0 bridgehead atoms. The van der Waals surface area contributed by atoms with E-state index >= 15 is 0 Å². The third kappa shape index (κ3) is 6.09. The van der Waals surface area contributed by atoms with Crippen molar-refractivity contribution in [3.05, 3.63) is 58.7 Å². The van der Waals surface area contributed by atoms with Crippen molar-refractivity contribution in [2.45, 2.75) is 46.2 Å². The van der Waals surface area contributed by atoms with Crippen molar-refractivity contribution in [1.82, 2.24) is 0 Å². The molecule has 0 nitrogen and oxygen atoms in total. The first kappa shape index (κ1) is 16.5. The summed E-state index contributed by atoms with van der Waals surface area (Å²) in [7, 11) is 0. The molecule has 0 aliphatic carbocycles. The van der Waals surface area contributed by atoms with Gasteiger partial charge in [-0.1, -0.05) is 41.5 Å². The van der Waals surface area contributed by atoms with E-state index in [1.165, 1.54) is 23.3 Å². The van der Waals surface area contributed by atoms with Crippen molar-refractivity contribution in [3.8, 4) is 0 Å². The Hall–Kier alpha value is -1.51. The van der Waals surface area contributed by atoms with E-state index in [2.05, 4.69) is 19.9 Å². The van der Waals surface area contributed by atoms with Gasteiger partial charge in [-0.25, -0.2) is 0 Å². The number of hydrogen-bond acceptors (Lipinski definition) is 0. The van der Waals surface area contributed by atoms with E-state index in [1.54, 1.807) is 6.07 Å². The van der Waals surface area contributed by atoms with Crippen LogP contribution >= 0.6 is 0 Å². The summed E-state index contributed by atoms with van der Waals surface area (Å²) < 4.78 is 37.8. The van der Waals surface area contributed by atoms with E-state index in [4.69, 9.17) is 0 Å². The molecule has 0 fully saturated rings.